The summed E-state index contributed by atoms with van der Waals surface area (Å²) in [7, 11) is 0. The van der Waals surface area contributed by atoms with Crippen molar-refractivity contribution in [3.8, 4) is 0 Å². The van der Waals surface area contributed by atoms with Crippen molar-refractivity contribution in [1.82, 2.24) is 10.3 Å². The molecule has 0 aliphatic carbocycles. The van der Waals surface area contributed by atoms with Crippen molar-refractivity contribution in [2.75, 3.05) is 13.1 Å². The van der Waals surface area contributed by atoms with Gasteiger partial charge in [-0.15, -0.1) is 0 Å². The molecule has 1 fully saturated rings. The molecule has 1 unspecified atom stereocenters. The standard InChI is InChI=1S/C16H18N2O2/c1-10-7-14(16(19)20)13-8-11(4-5-15(13)18-10)12-3-2-6-17-9-12/h4-5,7-8,12,17H,2-3,6,9H2,1H3,(H,19,20). The molecule has 4 heteroatoms. The molecule has 2 N–H and O–H groups in total. The number of aromatic nitrogens is 1. The van der Waals surface area contributed by atoms with Gasteiger partial charge in [-0.25, -0.2) is 4.79 Å². The number of piperidine rings is 1. The van der Waals surface area contributed by atoms with Crippen LogP contribution in [0.15, 0.2) is 24.3 Å². The van der Waals surface area contributed by atoms with E-state index in [0.717, 1.165) is 36.1 Å². The van der Waals surface area contributed by atoms with E-state index in [4.69, 9.17) is 0 Å². The van der Waals surface area contributed by atoms with Gasteiger partial charge in [-0.1, -0.05) is 6.07 Å². The number of hydrogen-bond donors (Lipinski definition) is 2. The summed E-state index contributed by atoms with van der Waals surface area (Å²) in [5, 5.41) is 13.5. The molecule has 0 saturated carbocycles. The smallest absolute Gasteiger partial charge is 0.336 e. The Bertz CT molecular complexity index is 661. The Hall–Kier alpha value is -1.94. The molecule has 2 aromatic rings. The second-order valence-corrected chi connectivity index (χ2v) is 5.44. The first-order valence-corrected chi connectivity index (χ1v) is 7.00. The fourth-order valence-electron chi connectivity index (χ4n) is 2.94. The molecule has 0 amide bonds. The van der Waals surface area contributed by atoms with Crippen LogP contribution in [0.5, 0.6) is 0 Å². The fraction of sp³-hybridized carbons (Fsp3) is 0.375. The number of benzene rings is 1. The van der Waals surface area contributed by atoms with Crippen molar-refractivity contribution >= 4 is 16.9 Å². The lowest BCUT2D eigenvalue weighted by molar-refractivity contribution is 0.0699. The molecule has 20 heavy (non-hydrogen) atoms. The minimum absolute atomic E-state index is 0.345. The highest BCUT2D eigenvalue weighted by Crippen LogP contribution is 2.27. The van der Waals surface area contributed by atoms with Gasteiger partial charge in [0, 0.05) is 17.6 Å². The van der Waals surface area contributed by atoms with Crippen LogP contribution >= 0.6 is 0 Å². The highest BCUT2D eigenvalue weighted by atomic mass is 16.4. The maximum Gasteiger partial charge on any atom is 0.336 e. The Balaban J connectivity index is 2.11. The summed E-state index contributed by atoms with van der Waals surface area (Å²) in [6, 6.07) is 7.67. The first-order chi connectivity index (χ1) is 9.65. The van der Waals surface area contributed by atoms with Gasteiger partial charge in [-0.2, -0.15) is 0 Å². The third-order valence-electron chi connectivity index (χ3n) is 3.96. The third kappa shape index (κ3) is 2.39. The van der Waals surface area contributed by atoms with E-state index in [9.17, 15) is 9.90 Å². The lowest BCUT2D eigenvalue weighted by Gasteiger charge is -2.23. The number of aryl methyl sites for hydroxylation is 1. The van der Waals surface area contributed by atoms with Crippen LogP contribution < -0.4 is 5.32 Å². The summed E-state index contributed by atoms with van der Waals surface area (Å²) in [4.78, 5) is 15.8. The van der Waals surface area contributed by atoms with Crippen molar-refractivity contribution in [2.24, 2.45) is 0 Å². The number of hydrogen-bond acceptors (Lipinski definition) is 3. The zero-order valence-electron chi connectivity index (χ0n) is 11.5. The van der Waals surface area contributed by atoms with Gasteiger partial charge in [0.15, 0.2) is 0 Å². The maximum atomic E-state index is 11.4. The summed E-state index contributed by atoms with van der Waals surface area (Å²) >= 11 is 0. The van der Waals surface area contributed by atoms with Crippen LogP contribution in [-0.4, -0.2) is 29.1 Å². The molecule has 1 aliphatic heterocycles. The lowest BCUT2D eigenvalue weighted by Crippen LogP contribution is -2.28. The van der Waals surface area contributed by atoms with Crippen LogP contribution in [0.25, 0.3) is 10.9 Å². The van der Waals surface area contributed by atoms with E-state index in [1.165, 1.54) is 12.0 Å². The molecule has 1 atom stereocenters. The Morgan fingerprint density at radius 3 is 2.95 bits per heavy atom. The van der Waals surface area contributed by atoms with E-state index < -0.39 is 5.97 Å². The first-order valence-electron chi connectivity index (χ1n) is 7.00. The van der Waals surface area contributed by atoms with Gasteiger partial charge in [0.1, 0.15) is 0 Å². The molecular formula is C16H18N2O2. The Morgan fingerprint density at radius 2 is 2.25 bits per heavy atom. The van der Waals surface area contributed by atoms with E-state index in [2.05, 4.69) is 16.4 Å². The molecule has 1 saturated heterocycles. The largest absolute Gasteiger partial charge is 0.478 e. The minimum Gasteiger partial charge on any atom is -0.478 e. The van der Waals surface area contributed by atoms with Crippen molar-refractivity contribution < 1.29 is 9.90 Å². The highest BCUT2D eigenvalue weighted by Gasteiger charge is 2.17. The number of nitrogens with one attached hydrogen (secondary N) is 1. The van der Waals surface area contributed by atoms with Crippen LogP contribution in [0.2, 0.25) is 0 Å². The van der Waals surface area contributed by atoms with E-state index >= 15 is 0 Å². The zero-order valence-corrected chi connectivity index (χ0v) is 11.5. The Morgan fingerprint density at radius 1 is 1.40 bits per heavy atom. The summed E-state index contributed by atoms with van der Waals surface area (Å²) in [5.41, 5.74) is 3.05. The van der Waals surface area contributed by atoms with Crippen LogP contribution in [0.3, 0.4) is 0 Å². The molecule has 1 aromatic carbocycles. The van der Waals surface area contributed by atoms with Gasteiger partial charge in [-0.3, -0.25) is 4.98 Å². The molecule has 104 valence electrons. The van der Waals surface area contributed by atoms with Crippen molar-refractivity contribution in [3.05, 3.63) is 41.1 Å². The second-order valence-electron chi connectivity index (χ2n) is 5.44. The van der Waals surface area contributed by atoms with Crippen LogP contribution in [0.4, 0.5) is 0 Å². The second kappa shape index (κ2) is 5.21. The molecule has 0 bridgehead atoms. The average Bonchev–Trinajstić information content (AvgIpc) is 2.46. The van der Waals surface area contributed by atoms with Crippen LogP contribution in [0, 0.1) is 6.92 Å². The molecular weight excluding hydrogens is 252 g/mol. The maximum absolute atomic E-state index is 11.4. The number of carboxylic acid groups (broad SMARTS) is 1. The van der Waals surface area contributed by atoms with Gasteiger partial charge in [0.25, 0.3) is 0 Å². The number of pyridine rings is 1. The summed E-state index contributed by atoms with van der Waals surface area (Å²) in [6.07, 6.45) is 2.32. The first kappa shape index (κ1) is 13.1. The number of aromatic carboxylic acids is 1. The Labute approximate surface area is 117 Å². The Kier molecular flexibility index (Phi) is 3.40. The molecule has 0 spiro atoms. The zero-order chi connectivity index (χ0) is 14.1. The van der Waals surface area contributed by atoms with Crippen molar-refractivity contribution in [3.63, 3.8) is 0 Å². The number of nitrogens with zero attached hydrogens (tertiary/aromatic N) is 1. The topological polar surface area (TPSA) is 62.2 Å². The lowest BCUT2D eigenvalue weighted by atomic mass is 9.90. The van der Waals surface area contributed by atoms with Crippen LogP contribution in [0.1, 0.15) is 40.4 Å². The van der Waals surface area contributed by atoms with Gasteiger partial charge in [-0.05, 0) is 56.0 Å². The van der Waals surface area contributed by atoms with E-state index in [-0.39, 0.29) is 0 Å². The summed E-state index contributed by atoms with van der Waals surface area (Å²) in [6.45, 7) is 3.86. The molecule has 3 rings (SSSR count). The predicted molar refractivity (Wildman–Crippen MR) is 78.3 cm³/mol. The minimum atomic E-state index is -0.889. The SMILES string of the molecule is Cc1cc(C(=O)O)c2cc(C3CCCNC3)ccc2n1. The number of fused-ring (bicyclic) bond motifs is 1. The normalized spacial score (nSPS) is 19.1. The van der Waals surface area contributed by atoms with Crippen LogP contribution in [-0.2, 0) is 0 Å². The van der Waals surface area contributed by atoms with E-state index in [0.29, 0.717) is 11.5 Å². The van der Waals surface area contributed by atoms with Crippen molar-refractivity contribution in [2.45, 2.75) is 25.7 Å². The quantitative estimate of drug-likeness (QED) is 0.880. The molecule has 1 aliphatic rings. The molecule has 1 aromatic heterocycles. The third-order valence-corrected chi connectivity index (χ3v) is 3.96. The summed E-state index contributed by atoms with van der Waals surface area (Å²) in [5.74, 6) is -0.421. The van der Waals surface area contributed by atoms with Gasteiger partial charge in [0.2, 0.25) is 0 Å². The van der Waals surface area contributed by atoms with E-state index in [1.807, 2.05) is 19.1 Å². The monoisotopic (exact) mass is 270 g/mol. The van der Waals surface area contributed by atoms with Gasteiger partial charge < -0.3 is 10.4 Å². The average molecular weight is 270 g/mol. The molecule has 0 radical (unpaired) electrons. The van der Waals surface area contributed by atoms with Gasteiger partial charge in [0.05, 0.1) is 11.1 Å². The number of rotatable bonds is 2. The molecule has 4 nitrogen and oxygen atoms in total. The van der Waals surface area contributed by atoms with Crippen molar-refractivity contribution in [1.29, 1.82) is 0 Å². The van der Waals surface area contributed by atoms with E-state index in [1.54, 1.807) is 6.07 Å². The number of carboxylic acids is 1. The van der Waals surface area contributed by atoms with Gasteiger partial charge >= 0.3 is 5.97 Å². The predicted octanol–water partition coefficient (Wildman–Crippen LogP) is 2.71. The number of carbonyl (C=O) groups is 1. The summed E-state index contributed by atoms with van der Waals surface area (Å²) < 4.78 is 0. The highest BCUT2D eigenvalue weighted by molar-refractivity contribution is 6.02. The molecule has 2 heterocycles. The fourth-order valence-corrected chi connectivity index (χ4v) is 2.94.